The van der Waals surface area contributed by atoms with Crippen molar-refractivity contribution < 1.29 is 9.59 Å². The number of hydrogen-bond acceptors (Lipinski definition) is 3. The van der Waals surface area contributed by atoms with Crippen LogP contribution in [0.4, 0.5) is 0 Å². The Morgan fingerprint density at radius 1 is 1.06 bits per heavy atom. The van der Waals surface area contributed by atoms with E-state index in [1.807, 2.05) is 30.3 Å². The molecule has 0 radical (unpaired) electrons. The van der Waals surface area contributed by atoms with Gasteiger partial charge in [-0.3, -0.25) is 19.8 Å². The third-order valence-electron chi connectivity index (χ3n) is 3.79. The first-order valence-electron chi connectivity index (χ1n) is 6.43. The van der Waals surface area contributed by atoms with Gasteiger partial charge in [0.1, 0.15) is 6.04 Å². The van der Waals surface area contributed by atoms with Crippen molar-refractivity contribution in [3.05, 3.63) is 35.9 Å². The summed E-state index contributed by atoms with van der Waals surface area (Å²) in [6, 6.07) is 9.24. The van der Waals surface area contributed by atoms with Crippen LogP contribution in [-0.2, 0) is 9.59 Å². The van der Waals surface area contributed by atoms with Gasteiger partial charge in [-0.05, 0) is 18.4 Å². The number of hydrogen-bond donors (Lipinski definition) is 1. The molecule has 0 aliphatic carbocycles. The SMILES string of the molecule is O=C1NC(=O)[C@@H](c2ccccc2)N2CCCC[C@@H]12. The lowest BCUT2D eigenvalue weighted by atomic mass is 9.92. The van der Waals surface area contributed by atoms with E-state index in [0.29, 0.717) is 0 Å². The van der Waals surface area contributed by atoms with Gasteiger partial charge in [-0.25, -0.2) is 0 Å². The molecule has 1 N–H and O–H groups in total. The minimum atomic E-state index is -0.311. The van der Waals surface area contributed by atoms with Gasteiger partial charge in [0.15, 0.2) is 0 Å². The number of piperidine rings is 1. The maximum absolute atomic E-state index is 12.1. The smallest absolute Gasteiger partial charge is 0.248 e. The lowest BCUT2D eigenvalue weighted by Gasteiger charge is -2.43. The fraction of sp³-hybridized carbons (Fsp3) is 0.429. The van der Waals surface area contributed by atoms with Gasteiger partial charge >= 0.3 is 0 Å². The summed E-state index contributed by atoms with van der Waals surface area (Å²) in [7, 11) is 0. The van der Waals surface area contributed by atoms with E-state index in [9.17, 15) is 9.59 Å². The van der Waals surface area contributed by atoms with Gasteiger partial charge in [0.05, 0.1) is 6.04 Å². The molecule has 2 atom stereocenters. The minimum absolute atomic E-state index is 0.133. The highest BCUT2D eigenvalue weighted by Crippen LogP contribution is 2.31. The van der Waals surface area contributed by atoms with Crippen molar-refractivity contribution in [3.8, 4) is 0 Å². The van der Waals surface area contributed by atoms with Gasteiger partial charge in [-0.1, -0.05) is 36.8 Å². The van der Waals surface area contributed by atoms with Crippen LogP contribution >= 0.6 is 0 Å². The van der Waals surface area contributed by atoms with Crippen LogP contribution in [0.3, 0.4) is 0 Å². The molecule has 0 saturated carbocycles. The first kappa shape index (κ1) is 11.4. The van der Waals surface area contributed by atoms with E-state index in [-0.39, 0.29) is 23.9 Å². The van der Waals surface area contributed by atoms with Gasteiger partial charge in [-0.2, -0.15) is 0 Å². The average molecular weight is 244 g/mol. The standard InChI is InChI=1S/C14H16N2O2/c17-13-11-8-4-5-9-16(11)12(14(18)15-13)10-6-2-1-3-7-10/h1-3,6-7,11-12H,4-5,8-9H2,(H,15,17,18)/t11-,12+/m0/s1. The van der Waals surface area contributed by atoms with Crippen molar-refractivity contribution in [1.82, 2.24) is 10.2 Å². The van der Waals surface area contributed by atoms with Crippen LogP contribution in [0, 0.1) is 0 Å². The minimum Gasteiger partial charge on any atom is -0.293 e. The monoisotopic (exact) mass is 244 g/mol. The molecule has 0 aromatic heterocycles. The summed E-state index contributed by atoms with van der Waals surface area (Å²) >= 11 is 0. The predicted molar refractivity (Wildman–Crippen MR) is 66.7 cm³/mol. The fourth-order valence-electron chi connectivity index (χ4n) is 2.95. The molecule has 2 saturated heterocycles. The Morgan fingerprint density at radius 3 is 2.61 bits per heavy atom. The Morgan fingerprint density at radius 2 is 1.83 bits per heavy atom. The molecule has 4 nitrogen and oxygen atoms in total. The zero-order valence-corrected chi connectivity index (χ0v) is 10.1. The lowest BCUT2D eigenvalue weighted by molar-refractivity contribution is -0.146. The Hall–Kier alpha value is -1.68. The van der Waals surface area contributed by atoms with E-state index in [1.54, 1.807) is 0 Å². The molecule has 0 spiro atoms. The summed E-state index contributed by atoms with van der Waals surface area (Å²) in [5, 5.41) is 2.51. The molecule has 2 amide bonds. The fourth-order valence-corrected chi connectivity index (χ4v) is 2.95. The average Bonchev–Trinajstić information content (AvgIpc) is 2.40. The van der Waals surface area contributed by atoms with Crippen molar-refractivity contribution in [3.63, 3.8) is 0 Å². The van der Waals surface area contributed by atoms with Crippen molar-refractivity contribution in [2.75, 3.05) is 6.54 Å². The van der Waals surface area contributed by atoms with Crippen LogP contribution in [0.1, 0.15) is 30.9 Å². The second-order valence-corrected chi connectivity index (χ2v) is 4.92. The number of carbonyl (C=O) groups excluding carboxylic acids is 2. The highest BCUT2D eigenvalue weighted by molar-refractivity contribution is 6.03. The molecule has 1 aromatic rings. The lowest BCUT2D eigenvalue weighted by Crippen LogP contribution is -2.60. The van der Waals surface area contributed by atoms with Crippen LogP contribution in [0.5, 0.6) is 0 Å². The maximum atomic E-state index is 12.1. The number of nitrogens with one attached hydrogen (secondary N) is 1. The summed E-state index contributed by atoms with van der Waals surface area (Å²) in [4.78, 5) is 26.0. The van der Waals surface area contributed by atoms with Crippen molar-refractivity contribution >= 4 is 11.8 Å². The normalized spacial score (nSPS) is 28.7. The highest BCUT2D eigenvalue weighted by atomic mass is 16.2. The Bertz CT molecular complexity index is 472. The molecule has 2 aliphatic heterocycles. The van der Waals surface area contributed by atoms with E-state index in [1.165, 1.54) is 0 Å². The Labute approximate surface area is 106 Å². The Balaban J connectivity index is 1.96. The quantitative estimate of drug-likeness (QED) is 0.756. The number of rotatable bonds is 1. The van der Waals surface area contributed by atoms with E-state index in [4.69, 9.17) is 0 Å². The molecular formula is C14H16N2O2. The summed E-state index contributed by atoms with van der Waals surface area (Å²) < 4.78 is 0. The molecule has 1 aromatic carbocycles. The van der Waals surface area contributed by atoms with E-state index < -0.39 is 0 Å². The number of carbonyl (C=O) groups is 2. The van der Waals surface area contributed by atoms with Crippen LogP contribution in [0.15, 0.2) is 30.3 Å². The van der Waals surface area contributed by atoms with Crippen LogP contribution in [0.25, 0.3) is 0 Å². The summed E-state index contributed by atoms with van der Waals surface area (Å²) in [6.45, 7) is 0.823. The summed E-state index contributed by atoms with van der Waals surface area (Å²) in [5.74, 6) is -0.323. The molecule has 3 rings (SSSR count). The van der Waals surface area contributed by atoms with Gasteiger partial charge in [-0.15, -0.1) is 0 Å². The van der Waals surface area contributed by atoms with Crippen molar-refractivity contribution in [2.24, 2.45) is 0 Å². The van der Waals surface area contributed by atoms with E-state index in [2.05, 4.69) is 10.2 Å². The number of nitrogens with zero attached hydrogens (tertiary/aromatic N) is 1. The third kappa shape index (κ3) is 1.82. The number of piperazine rings is 1. The predicted octanol–water partition coefficient (Wildman–Crippen LogP) is 1.24. The zero-order valence-electron chi connectivity index (χ0n) is 10.1. The zero-order chi connectivity index (χ0) is 12.5. The van der Waals surface area contributed by atoms with Gasteiger partial charge in [0, 0.05) is 6.54 Å². The topological polar surface area (TPSA) is 49.4 Å². The first-order chi connectivity index (χ1) is 8.77. The molecule has 18 heavy (non-hydrogen) atoms. The molecule has 94 valence electrons. The number of fused-ring (bicyclic) bond motifs is 1. The number of benzene rings is 1. The molecular weight excluding hydrogens is 228 g/mol. The van der Waals surface area contributed by atoms with Gasteiger partial charge in [0.2, 0.25) is 11.8 Å². The molecule has 2 fully saturated rings. The van der Waals surface area contributed by atoms with E-state index in [0.717, 1.165) is 31.4 Å². The number of imide groups is 1. The molecule has 0 bridgehead atoms. The third-order valence-corrected chi connectivity index (χ3v) is 3.79. The van der Waals surface area contributed by atoms with Crippen LogP contribution in [0.2, 0.25) is 0 Å². The van der Waals surface area contributed by atoms with E-state index >= 15 is 0 Å². The van der Waals surface area contributed by atoms with Gasteiger partial charge in [0.25, 0.3) is 0 Å². The second-order valence-electron chi connectivity index (χ2n) is 4.92. The first-order valence-corrected chi connectivity index (χ1v) is 6.43. The van der Waals surface area contributed by atoms with Crippen molar-refractivity contribution in [1.29, 1.82) is 0 Å². The summed E-state index contributed by atoms with van der Waals surface area (Å²) in [6.07, 6.45) is 2.97. The molecule has 4 heteroatoms. The molecule has 2 heterocycles. The largest absolute Gasteiger partial charge is 0.293 e. The van der Waals surface area contributed by atoms with Crippen LogP contribution < -0.4 is 5.32 Å². The molecule has 0 unspecified atom stereocenters. The van der Waals surface area contributed by atoms with Crippen molar-refractivity contribution in [2.45, 2.75) is 31.3 Å². The summed E-state index contributed by atoms with van der Waals surface area (Å²) in [5.41, 5.74) is 0.967. The Kier molecular flexibility index (Phi) is 2.88. The second kappa shape index (κ2) is 4.53. The van der Waals surface area contributed by atoms with Crippen LogP contribution in [-0.4, -0.2) is 29.3 Å². The highest BCUT2D eigenvalue weighted by Gasteiger charge is 2.42. The molecule has 2 aliphatic rings. The maximum Gasteiger partial charge on any atom is 0.248 e. The number of amides is 2. The van der Waals surface area contributed by atoms with Gasteiger partial charge < -0.3 is 0 Å².